The van der Waals surface area contributed by atoms with Crippen LogP contribution in [0.25, 0.3) is 0 Å². The largest absolute Gasteiger partial charge is 0.398 e. The molecule has 0 spiro atoms. The maximum absolute atomic E-state index is 12.2. The van der Waals surface area contributed by atoms with Gasteiger partial charge in [0, 0.05) is 29.9 Å². The molecule has 1 aromatic carbocycles. The van der Waals surface area contributed by atoms with E-state index < -0.39 is 10.8 Å². The van der Waals surface area contributed by atoms with E-state index in [9.17, 15) is 14.9 Å². The number of benzene rings is 1. The fourth-order valence-electron chi connectivity index (χ4n) is 2.64. The number of nitro groups is 1. The van der Waals surface area contributed by atoms with E-state index in [1.54, 1.807) is 0 Å². The predicted octanol–water partition coefficient (Wildman–Crippen LogP) is 1.99. The molecule has 8 heteroatoms. The normalized spacial score (nSPS) is 16.4. The lowest BCUT2D eigenvalue weighted by atomic mass is 9.82. The fraction of sp³-hybridized carbons (Fsp3) is 0.500. The van der Waals surface area contributed by atoms with Crippen molar-refractivity contribution < 1.29 is 9.72 Å². The average molecular weight is 329 g/mol. The Bertz CT molecular complexity index is 559. The summed E-state index contributed by atoms with van der Waals surface area (Å²) in [6.45, 7) is 0.355. The Balaban J connectivity index is 0.00000242. The van der Waals surface area contributed by atoms with E-state index in [1.165, 1.54) is 24.6 Å². The number of nitrogens with one attached hydrogen (secondary N) is 1. The molecular formula is C14H21ClN4O3. The van der Waals surface area contributed by atoms with E-state index in [4.69, 9.17) is 11.5 Å². The quantitative estimate of drug-likeness (QED) is 0.443. The predicted molar refractivity (Wildman–Crippen MR) is 87.1 cm³/mol. The van der Waals surface area contributed by atoms with Crippen LogP contribution in [0.1, 0.15) is 42.5 Å². The van der Waals surface area contributed by atoms with E-state index in [-0.39, 0.29) is 34.9 Å². The minimum Gasteiger partial charge on any atom is -0.398 e. The van der Waals surface area contributed by atoms with Crippen molar-refractivity contribution in [3.8, 4) is 0 Å². The van der Waals surface area contributed by atoms with Crippen LogP contribution in [0.4, 0.5) is 11.4 Å². The first kappa shape index (κ1) is 18.2. The van der Waals surface area contributed by atoms with Crippen molar-refractivity contribution in [2.24, 2.45) is 5.73 Å². The molecule has 0 aromatic heterocycles. The summed E-state index contributed by atoms with van der Waals surface area (Å²) in [6, 6.07) is 3.83. The SMILES string of the molecule is Cl.Nc1ccc([N+](=O)[O-])cc1C(=O)NCC1(N)CCCCC1. The van der Waals surface area contributed by atoms with Gasteiger partial charge in [-0.3, -0.25) is 14.9 Å². The van der Waals surface area contributed by atoms with Gasteiger partial charge in [0.05, 0.1) is 10.5 Å². The van der Waals surface area contributed by atoms with Crippen molar-refractivity contribution in [3.05, 3.63) is 33.9 Å². The molecule has 0 aliphatic heterocycles. The van der Waals surface area contributed by atoms with Gasteiger partial charge in [-0.05, 0) is 18.9 Å². The Morgan fingerprint density at radius 1 is 1.32 bits per heavy atom. The van der Waals surface area contributed by atoms with E-state index in [1.807, 2.05) is 0 Å². The average Bonchev–Trinajstić information content (AvgIpc) is 2.46. The molecule has 0 bridgehead atoms. The molecule has 0 heterocycles. The summed E-state index contributed by atoms with van der Waals surface area (Å²) < 4.78 is 0. The van der Waals surface area contributed by atoms with Gasteiger partial charge >= 0.3 is 0 Å². The van der Waals surface area contributed by atoms with Crippen LogP contribution in [-0.4, -0.2) is 22.9 Å². The summed E-state index contributed by atoms with van der Waals surface area (Å²) in [7, 11) is 0. The molecular weight excluding hydrogens is 308 g/mol. The van der Waals surface area contributed by atoms with Crippen LogP contribution in [0.2, 0.25) is 0 Å². The number of nitrogens with zero attached hydrogens (tertiary/aromatic N) is 1. The number of nitro benzene ring substituents is 1. The molecule has 1 aliphatic carbocycles. The Labute approximate surface area is 135 Å². The van der Waals surface area contributed by atoms with E-state index >= 15 is 0 Å². The molecule has 1 aromatic rings. The third-order valence-corrected chi connectivity index (χ3v) is 3.94. The maximum atomic E-state index is 12.2. The number of hydrogen-bond donors (Lipinski definition) is 3. The molecule has 0 radical (unpaired) electrons. The second-order valence-electron chi connectivity index (χ2n) is 5.63. The molecule has 1 amide bonds. The van der Waals surface area contributed by atoms with Crippen LogP contribution in [0.3, 0.4) is 0 Å². The van der Waals surface area contributed by atoms with Crippen molar-refractivity contribution in [2.45, 2.75) is 37.6 Å². The Morgan fingerprint density at radius 2 is 1.95 bits per heavy atom. The minimum absolute atomic E-state index is 0. The second-order valence-corrected chi connectivity index (χ2v) is 5.63. The van der Waals surface area contributed by atoms with Gasteiger partial charge < -0.3 is 16.8 Å². The highest BCUT2D eigenvalue weighted by molar-refractivity contribution is 5.99. The summed E-state index contributed by atoms with van der Waals surface area (Å²) in [5, 5.41) is 13.5. The first-order valence-electron chi connectivity index (χ1n) is 7.02. The molecule has 5 N–H and O–H groups in total. The topological polar surface area (TPSA) is 124 Å². The number of carbonyl (C=O) groups is 1. The van der Waals surface area contributed by atoms with Crippen molar-refractivity contribution in [1.82, 2.24) is 5.32 Å². The number of nitrogen functional groups attached to an aromatic ring is 1. The zero-order valence-electron chi connectivity index (χ0n) is 12.2. The fourth-order valence-corrected chi connectivity index (χ4v) is 2.64. The van der Waals surface area contributed by atoms with E-state index in [2.05, 4.69) is 5.32 Å². The van der Waals surface area contributed by atoms with Gasteiger partial charge in [-0.2, -0.15) is 0 Å². The van der Waals surface area contributed by atoms with E-state index in [0.717, 1.165) is 25.7 Å². The Kier molecular flexibility index (Phi) is 6.13. The number of rotatable bonds is 4. The second kappa shape index (κ2) is 7.42. The Hall–Kier alpha value is -1.86. The zero-order chi connectivity index (χ0) is 15.5. The monoisotopic (exact) mass is 328 g/mol. The van der Waals surface area contributed by atoms with Gasteiger partial charge in [0.1, 0.15) is 0 Å². The number of non-ortho nitro benzene ring substituents is 1. The van der Waals surface area contributed by atoms with Crippen molar-refractivity contribution in [1.29, 1.82) is 0 Å². The van der Waals surface area contributed by atoms with Crippen LogP contribution in [-0.2, 0) is 0 Å². The molecule has 0 atom stereocenters. The van der Waals surface area contributed by atoms with Crippen LogP contribution in [0, 0.1) is 10.1 Å². The molecule has 0 saturated heterocycles. The third-order valence-electron chi connectivity index (χ3n) is 3.94. The Morgan fingerprint density at radius 3 is 2.55 bits per heavy atom. The van der Waals surface area contributed by atoms with E-state index in [0.29, 0.717) is 6.54 Å². The molecule has 122 valence electrons. The van der Waals surface area contributed by atoms with Crippen LogP contribution < -0.4 is 16.8 Å². The summed E-state index contributed by atoms with van der Waals surface area (Å²) in [4.78, 5) is 22.4. The molecule has 22 heavy (non-hydrogen) atoms. The van der Waals surface area contributed by atoms with Gasteiger partial charge in [-0.25, -0.2) is 0 Å². The number of hydrogen-bond acceptors (Lipinski definition) is 5. The van der Waals surface area contributed by atoms with Gasteiger partial charge in [-0.1, -0.05) is 19.3 Å². The van der Waals surface area contributed by atoms with Crippen molar-refractivity contribution in [2.75, 3.05) is 12.3 Å². The number of amides is 1. The number of halogens is 1. The maximum Gasteiger partial charge on any atom is 0.270 e. The smallest absolute Gasteiger partial charge is 0.270 e. The van der Waals surface area contributed by atoms with Crippen molar-refractivity contribution in [3.63, 3.8) is 0 Å². The summed E-state index contributed by atoms with van der Waals surface area (Å²) >= 11 is 0. The summed E-state index contributed by atoms with van der Waals surface area (Å²) in [5.41, 5.74) is 11.8. The molecule has 0 unspecified atom stereocenters. The lowest BCUT2D eigenvalue weighted by Crippen LogP contribution is -2.51. The van der Waals surface area contributed by atoms with Crippen LogP contribution >= 0.6 is 12.4 Å². The van der Waals surface area contributed by atoms with Gasteiger partial charge in [0.2, 0.25) is 0 Å². The highest BCUT2D eigenvalue weighted by Crippen LogP contribution is 2.25. The first-order chi connectivity index (χ1) is 9.91. The highest BCUT2D eigenvalue weighted by atomic mass is 35.5. The van der Waals surface area contributed by atoms with Crippen molar-refractivity contribution >= 4 is 29.7 Å². The highest BCUT2D eigenvalue weighted by Gasteiger charge is 2.28. The lowest BCUT2D eigenvalue weighted by molar-refractivity contribution is -0.384. The first-order valence-corrected chi connectivity index (χ1v) is 7.02. The molecule has 7 nitrogen and oxygen atoms in total. The third kappa shape index (κ3) is 4.32. The van der Waals surface area contributed by atoms with Gasteiger partial charge in [-0.15, -0.1) is 12.4 Å². The summed E-state index contributed by atoms with van der Waals surface area (Å²) in [6.07, 6.45) is 5.04. The van der Waals surface area contributed by atoms with Crippen LogP contribution in [0.5, 0.6) is 0 Å². The van der Waals surface area contributed by atoms with Gasteiger partial charge in [0.25, 0.3) is 11.6 Å². The van der Waals surface area contributed by atoms with Gasteiger partial charge in [0.15, 0.2) is 0 Å². The molecule has 1 fully saturated rings. The summed E-state index contributed by atoms with van der Waals surface area (Å²) in [5.74, 6) is -0.424. The molecule has 1 saturated carbocycles. The minimum atomic E-state index is -0.554. The number of anilines is 1. The molecule has 1 aliphatic rings. The standard InChI is InChI=1S/C14H20N4O3.ClH/c15-12-5-4-10(18(20)21)8-11(12)13(19)17-9-14(16)6-2-1-3-7-14;/h4-5,8H,1-3,6-7,9,15-16H2,(H,17,19);1H. The molecule has 2 rings (SSSR count). The number of nitrogens with two attached hydrogens (primary N) is 2. The zero-order valence-corrected chi connectivity index (χ0v) is 13.0. The van der Waals surface area contributed by atoms with Crippen LogP contribution in [0.15, 0.2) is 18.2 Å². The number of carbonyl (C=O) groups excluding carboxylic acids is 1. The lowest BCUT2D eigenvalue weighted by Gasteiger charge is -2.33.